The molecule has 4 nitrogen and oxygen atoms in total. The van der Waals surface area contributed by atoms with Gasteiger partial charge in [0.1, 0.15) is 11.5 Å². The van der Waals surface area contributed by atoms with Gasteiger partial charge in [-0.05, 0) is 49.6 Å². The molecule has 0 saturated carbocycles. The summed E-state index contributed by atoms with van der Waals surface area (Å²) in [6, 6.07) is 15.4. The molecule has 1 unspecified atom stereocenters. The van der Waals surface area contributed by atoms with Crippen molar-refractivity contribution < 1.29 is 13.8 Å². The van der Waals surface area contributed by atoms with Crippen LogP contribution in [0, 0.1) is 20.8 Å². The molecule has 0 N–H and O–H groups in total. The van der Waals surface area contributed by atoms with Crippen LogP contribution >= 0.6 is 0 Å². The molecule has 3 rings (SSSR count). The van der Waals surface area contributed by atoms with E-state index >= 15 is 0 Å². The molecule has 5 heteroatoms. The number of rotatable bonds is 7. The second kappa shape index (κ2) is 8.59. The second-order valence-electron chi connectivity index (χ2n) is 6.88. The minimum Gasteiger partial charge on any atom is -0.616 e. The molecule has 144 valence electrons. The van der Waals surface area contributed by atoms with Gasteiger partial charge in [-0.1, -0.05) is 54.1 Å². The van der Waals surface area contributed by atoms with Crippen LogP contribution in [0.1, 0.15) is 28.1 Å². The molecule has 0 amide bonds. The van der Waals surface area contributed by atoms with Crippen LogP contribution in [0.2, 0.25) is 0 Å². The summed E-state index contributed by atoms with van der Waals surface area (Å²) in [6.45, 7) is 9.66. The Balaban J connectivity index is 1.65. The summed E-state index contributed by atoms with van der Waals surface area (Å²) in [7, 11) is 0. The predicted octanol–water partition coefficient (Wildman–Crippen LogP) is 4.80. The molecule has 0 aliphatic heterocycles. The first-order chi connectivity index (χ1) is 13.3. The van der Waals surface area contributed by atoms with Crippen molar-refractivity contribution in [3.8, 4) is 11.5 Å². The van der Waals surface area contributed by atoms with Gasteiger partial charge in [-0.3, -0.25) is 4.79 Å². The zero-order chi connectivity index (χ0) is 20.3. The summed E-state index contributed by atoms with van der Waals surface area (Å²) in [5.41, 5.74) is 4.88. The Morgan fingerprint density at radius 3 is 2.21 bits per heavy atom. The van der Waals surface area contributed by atoms with Gasteiger partial charge in [0.15, 0.2) is 11.5 Å². The lowest BCUT2D eigenvalue weighted by molar-refractivity contribution is -0.111. The van der Waals surface area contributed by atoms with E-state index < -0.39 is 11.2 Å². The molecule has 2 aromatic carbocycles. The first kappa shape index (κ1) is 20.1. The van der Waals surface area contributed by atoms with Crippen LogP contribution in [0.4, 0.5) is 0 Å². The fourth-order valence-electron chi connectivity index (χ4n) is 2.73. The van der Waals surface area contributed by atoms with Crippen molar-refractivity contribution in [1.82, 2.24) is 4.98 Å². The molecule has 0 aliphatic carbocycles. The normalized spacial score (nSPS) is 12.0. The van der Waals surface area contributed by atoms with E-state index in [2.05, 4.69) is 11.6 Å². The van der Waals surface area contributed by atoms with Gasteiger partial charge in [-0.25, -0.2) is 4.98 Å². The Hall–Kier alpha value is -2.63. The van der Waals surface area contributed by atoms with Crippen LogP contribution in [0.3, 0.4) is 0 Å². The number of allylic oxidation sites excluding steroid dienone is 1. The van der Waals surface area contributed by atoms with Gasteiger partial charge < -0.3 is 8.97 Å². The van der Waals surface area contributed by atoms with Gasteiger partial charge in [0.05, 0.1) is 0 Å². The van der Waals surface area contributed by atoms with E-state index in [1.165, 1.54) is 0 Å². The Morgan fingerprint density at radius 2 is 1.61 bits per heavy atom. The SMILES string of the molecule is C=C(C(=O)C[S+]([O-])Cc1nc(-c2ccc(C)cc2)oc1C)c1ccc(C)cc1. The van der Waals surface area contributed by atoms with Crippen molar-refractivity contribution >= 4 is 22.5 Å². The number of Topliss-reactive ketones (excluding diaryl/α,β-unsaturated/α-hetero) is 1. The monoisotopic (exact) mass is 393 g/mol. The lowest BCUT2D eigenvalue weighted by Crippen LogP contribution is -2.19. The number of hydrogen-bond acceptors (Lipinski definition) is 4. The minimum absolute atomic E-state index is 0.0844. The summed E-state index contributed by atoms with van der Waals surface area (Å²) in [5.74, 6) is 0.989. The highest BCUT2D eigenvalue weighted by molar-refractivity contribution is 7.91. The highest BCUT2D eigenvalue weighted by Gasteiger charge is 2.21. The number of oxazole rings is 1. The molecule has 0 fully saturated rings. The van der Waals surface area contributed by atoms with E-state index in [-0.39, 0.29) is 17.3 Å². The first-order valence-electron chi connectivity index (χ1n) is 9.01. The zero-order valence-corrected chi connectivity index (χ0v) is 17.1. The Morgan fingerprint density at radius 1 is 1.04 bits per heavy atom. The molecular weight excluding hydrogens is 370 g/mol. The maximum atomic E-state index is 12.5. The average molecular weight is 394 g/mol. The summed E-state index contributed by atoms with van der Waals surface area (Å²) in [6.07, 6.45) is 0. The summed E-state index contributed by atoms with van der Waals surface area (Å²) >= 11 is -1.39. The van der Waals surface area contributed by atoms with Crippen molar-refractivity contribution in [2.24, 2.45) is 0 Å². The topological polar surface area (TPSA) is 66.2 Å². The molecule has 0 bridgehead atoms. The molecule has 3 aromatic rings. The molecule has 0 aliphatic rings. The maximum absolute atomic E-state index is 12.5. The molecule has 0 saturated heterocycles. The zero-order valence-electron chi connectivity index (χ0n) is 16.3. The maximum Gasteiger partial charge on any atom is 0.226 e. The van der Waals surface area contributed by atoms with E-state index in [1.807, 2.05) is 62.4 Å². The minimum atomic E-state index is -1.39. The van der Waals surface area contributed by atoms with Gasteiger partial charge in [0, 0.05) is 11.1 Å². The fourth-order valence-corrected chi connectivity index (χ4v) is 3.88. The van der Waals surface area contributed by atoms with Crippen LogP contribution in [-0.2, 0) is 21.7 Å². The number of nitrogens with zero attached hydrogens (tertiary/aromatic N) is 1. The van der Waals surface area contributed by atoms with Gasteiger partial charge in [-0.2, -0.15) is 0 Å². The smallest absolute Gasteiger partial charge is 0.226 e. The standard InChI is InChI=1S/C23H23NO3S/c1-15-5-9-19(10-6-15)17(3)22(25)14-28(26)13-21-18(4)27-23(24-21)20-11-7-16(2)8-12-20/h5-12H,3,13-14H2,1-2,4H3. The average Bonchev–Trinajstić information content (AvgIpc) is 3.02. The molecule has 1 aromatic heterocycles. The summed E-state index contributed by atoms with van der Waals surface area (Å²) in [4.78, 5) is 16.9. The Kier molecular flexibility index (Phi) is 6.17. The van der Waals surface area contributed by atoms with Crippen molar-refractivity contribution in [3.05, 3.63) is 83.3 Å². The number of ketones is 1. The lowest BCUT2D eigenvalue weighted by Gasteiger charge is -2.10. The highest BCUT2D eigenvalue weighted by atomic mass is 32.2. The van der Waals surface area contributed by atoms with Gasteiger partial charge in [0.2, 0.25) is 11.7 Å². The summed E-state index contributed by atoms with van der Waals surface area (Å²) < 4.78 is 18.2. The van der Waals surface area contributed by atoms with E-state index in [1.54, 1.807) is 6.92 Å². The molecule has 1 atom stereocenters. The van der Waals surface area contributed by atoms with Crippen molar-refractivity contribution in [2.45, 2.75) is 26.5 Å². The molecule has 0 radical (unpaired) electrons. The third-order valence-electron chi connectivity index (χ3n) is 4.52. The van der Waals surface area contributed by atoms with Crippen molar-refractivity contribution in [3.63, 3.8) is 0 Å². The van der Waals surface area contributed by atoms with Crippen LogP contribution in [-0.4, -0.2) is 21.1 Å². The number of aryl methyl sites for hydroxylation is 3. The summed E-state index contributed by atoms with van der Waals surface area (Å²) in [5, 5.41) is 0. The molecular formula is C23H23NO3S. The Labute approximate surface area is 168 Å². The number of carbonyl (C=O) groups excluding carboxylic acids is 1. The lowest BCUT2D eigenvalue weighted by atomic mass is 10.0. The van der Waals surface area contributed by atoms with Crippen LogP contribution in [0.15, 0.2) is 59.5 Å². The first-order valence-corrected chi connectivity index (χ1v) is 10.5. The molecule has 0 spiro atoms. The van der Waals surface area contributed by atoms with Crippen LogP contribution in [0.5, 0.6) is 0 Å². The highest BCUT2D eigenvalue weighted by Crippen LogP contribution is 2.24. The van der Waals surface area contributed by atoms with Crippen LogP contribution < -0.4 is 0 Å². The Bertz CT molecular complexity index is 988. The van der Waals surface area contributed by atoms with Gasteiger partial charge in [0.25, 0.3) is 0 Å². The van der Waals surface area contributed by atoms with E-state index in [0.717, 1.165) is 22.3 Å². The molecule has 28 heavy (non-hydrogen) atoms. The second-order valence-corrected chi connectivity index (χ2v) is 8.34. The quantitative estimate of drug-likeness (QED) is 0.427. The predicted molar refractivity (Wildman–Crippen MR) is 113 cm³/mol. The largest absolute Gasteiger partial charge is 0.616 e. The van der Waals surface area contributed by atoms with Crippen molar-refractivity contribution in [1.29, 1.82) is 0 Å². The molecule has 1 heterocycles. The number of aromatic nitrogens is 1. The van der Waals surface area contributed by atoms with E-state index in [4.69, 9.17) is 4.42 Å². The van der Waals surface area contributed by atoms with Gasteiger partial charge >= 0.3 is 0 Å². The van der Waals surface area contributed by atoms with Crippen LogP contribution in [0.25, 0.3) is 17.0 Å². The number of hydrogen-bond donors (Lipinski definition) is 0. The number of carbonyl (C=O) groups is 1. The number of benzene rings is 2. The fraction of sp³-hybridized carbons (Fsp3) is 0.217. The third-order valence-corrected chi connectivity index (χ3v) is 5.70. The van der Waals surface area contributed by atoms with E-state index in [0.29, 0.717) is 22.9 Å². The third kappa shape index (κ3) is 4.80. The van der Waals surface area contributed by atoms with Gasteiger partial charge in [-0.15, -0.1) is 0 Å². The van der Waals surface area contributed by atoms with E-state index in [9.17, 15) is 9.35 Å². The van der Waals surface area contributed by atoms with Crippen molar-refractivity contribution in [2.75, 3.05) is 5.75 Å².